The van der Waals surface area contributed by atoms with E-state index in [0.717, 1.165) is 56.9 Å². The van der Waals surface area contributed by atoms with E-state index in [1.165, 1.54) is 16.2 Å². The molecule has 2 aliphatic carbocycles. The number of thiophene rings is 1. The first-order chi connectivity index (χ1) is 13.0. The van der Waals surface area contributed by atoms with E-state index >= 15 is 0 Å². The van der Waals surface area contributed by atoms with Gasteiger partial charge in [0, 0.05) is 17.3 Å². The van der Waals surface area contributed by atoms with Crippen LogP contribution in [0, 0.1) is 5.92 Å². The van der Waals surface area contributed by atoms with Gasteiger partial charge in [-0.1, -0.05) is 26.2 Å². The van der Waals surface area contributed by atoms with E-state index in [0.29, 0.717) is 16.5 Å². The summed E-state index contributed by atoms with van der Waals surface area (Å²) < 4.78 is 0. The zero-order valence-corrected chi connectivity index (χ0v) is 16.6. The van der Waals surface area contributed by atoms with Gasteiger partial charge in [0.25, 0.3) is 5.91 Å². The molecule has 7 heteroatoms. The van der Waals surface area contributed by atoms with Crippen molar-refractivity contribution >= 4 is 34.1 Å². The van der Waals surface area contributed by atoms with Crippen LogP contribution >= 0.6 is 11.3 Å². The summed E-state index contributed by atoms with van der Waals surface area (Å²) in [4.78, 5) is 37.1. The molecule has 148 valence electrons. The number of carboxylic acids is 1. The fourth-order valence-electron chi connectivity index (χ4n) is 4.07. The maximum absolute atomic E-state index is 13.0. The molecule has 0 aromatic carbocycles. The van der Waals surface area contributed by atoms with E-state index in [1.54, 1.807) is 0 Å². The molecule has 6 nitrogen and oxygen atoms in total. The molecule has 1 aromatic rings. The Morgan fingerprint density at radius 1 is 1.15 bits per heavy atom. The molecule has 1 fully saturated rings. The van der Waals surface area contributed by atoms with E-state index in [1.807, 2.05) is 0 Å². The van der Waals surface area contributed by atoms with Crippen LogP contribution < -0.4 is 10.6 Å². The second kappa shape index (κ2) is 8.87. The largest absolute Gasteiger partial charge is 0.481 e. The predicted octanol–water partition coefficient (Wildman–Crippen LogP) is 3.74. The number of amides is 2. The SMILES string of the molecule is CC[C@@H]1CCc2c(sc(NC(=O)CCC(=O)O)c2C(=O)NC2CCCC2)C1. The van der Waals surface area contributed by atoms with Gasteiger partial charge in [-0.2, -0.15) is 0 Å². The molecule has 1 aromatic heterocycles. The van der Waals surface area contributed by atoms with Gasteiger partial charge in [0.15, 0.2) is 0 Å². The summed E-state index contributed by atoms with van der Waals surface area (Å²) in [7, 11) is 0. The highest BCUT2D eigenvalue weighted by Crippen LogP contribution is 2.40. The van der Waals surface area contributed by atoms with Crippen molar-refractivity contribution in [3.63, 3.8) is 0 Å². The normalized spacial score (nSPS) is 19.5. The van der Waals surface area contributed by atoms with Crippen LogP contribution in [-0.2, 0) is 22.4 Å². The first kappa shape index (κ1) is 19.9. The number of fused-ring (bicyclic) bond motifs is 1. The lowest BCUT2D eigenvalue weighted by Gasteiger charge is -2.21. The lowest BCUT2D eigenvalue weighted by Crippen LogP contribution is -2.33. The number of hydrogen-bond acceptors (Lipinski definition) is 4. The molecule has 0 radical (unpaired) electrons. The minimum absolute atomic E-state index is 0.0842. The van der Waals surface area contributed by atoms with Gasteiger partial charge >= 0.3 is 5.97 Å². The number of nitrogens with one attached hydrogen (secondary N) is 2. The van der Waals surface area contributed by atoms with E-state index in [2.05, 4.69) is 17.6 Å². The van der Waals surface area contributed by atoms with E-state index in [-0.39, 0.29) is 30.7 Å². The minimum Gasteiger partial charge on any atom is -0.481 e. The zero-order valence-electron chi connectivity index (χ0n) is 15.8. The van der Waals surface area contributed by atoms with Gasteiger partial charge in [-0.15, -0.1) is 11.3 Å². The molecule has 0 unspecified atom stereocenters. The predicted molar refractivity (Wildman–Crippen MR) is 105 cm³/mol. The van der Waals surface area contributed by atoms with Gasteiger partial charge in [-0.05, 0) is 43.6 Å². The van der Waals surface area contributed by atoms with Gasteiger partial charge in [-0.3, -0.25) is 14.4 Å². The van der Waals surface area contributed by atoms with Crippen molar-refractivity contribution in [1.29, 1.82) is 0 Å². The molecule has 1 saturated carbocycles. The summed E-state index contributed by atoms with van der Waals surface area (Å²) in [6.45, 7) is 2.19. The molecule has 3 N–H and O–H groups in total. The lowest BCUT2D eigenvalue weighted by molar-refractivity contribution is -0.138. The average molecular weight is 393 g/mol. The van der Waals surface area contributed by atoms with Crippen molar-refractivity contribution in [2.45, 2.75) is 77.2 Å². The molecule has 27 heavy (non-hydrogen) atoms. The van der Waals surface area contributed by atoms with Gasteiger partial charge in [-0.25, -0.2) is 0 Å². The first-order valence-corrected chi connectivity index (χ1v) is 10.8. The summed E-state index contributed by atoms with van der Waals surface area (Å²) in [6, 6.07) is 0.218. The molecule has 2 aliphatic rings. The minimum atomic E-state index is -0.999. The Labute approximate surface area is 163 Å². The van der Waals surface area contributed by atoms with Crippen molar-refractivity contribution in [3.8, 4) is 0 Å². The molecule has 1 heterocycles. The van der Waals surface area contributed by atoms with E-state index in [9.17, 15) is 14.4 Å². The molecule has 0 spiro atoms. The fraction of sp³-hybridized carbons (Fsp3) is 0.650. The number of carbonyl (C=O) groups is 3. The molecular formula is C20H28N2O4S. The number of carboxylic acid groups (broad SMARTS) is 1. The molecule has 1 atom stereocenters. The lowest BCUT2D eigenvalue weighted by atomic mass is 9.85. The van der Waals surface area contributed by atoms with Crippen LogP contribution in [0.3, 0.4) is 0 Å². The highest BCUT2D eigenvalue weighted by Gasteiger charge is 2.30. The van der Waals surface area contributed by atoms with Crippen molar-refractivity contribution in [1.82, 2.24) is 5.32 Å². The number of carbonyl (C=O) groups excluding carboxylic acids is 2. The van der Waals surface area contributed by atoms with Crippen molar-refractivity contribution in [2.75, 3.05) is 5.32 Å². The maximum Gasteiger partial charge on any atom is 0.303 e. The Morgan fingerprint density at radius 2 is 1.89 bits per heavy atom. The van der Waals surface area contributed by atoms with Gasteiger partial charge in [0.05, 0.1) is 12.0 Å². The van der Waals surface area contributed by atoms with Crippen molar-refractivity contribution < 1.29 is 19.5 Å². The molecule has 3 rings (SSSR count). The van der Waals surface area contributed by atoms with E-state index in [4.69, 9.17) is 5.11 Å². The standard InChI is InChI=1S/C20H28N2O4S/c1-2-12-7-8-14-15(11-12)27-20(22-16(23)9-10-17(24)25)18(14)19(26)21-13-5-3-4-6-13/h12-13H,2-11H2,1H3,(H,21,26)(H,22,23)(H,24,25)/t12-/m1/s1. The molecule has 0 saturated heterocycles. The molecular weight excluding hydrogens is 364 g/mol. The maximum atomic E-state index is 13.0. The Bertz CT molecular complexity index is 722. The second-order valence-electron chi connectivity index (χ2n) is 7.62. The van der Waals surface area contributed by atoms with Crippen molar-refractivity contribution in [3.05, 3.63) is 16.0 Å². The molecule has 0 bridgehead atoms. The number of aliphatic carboxylic acids is 1. The third-order valence-corrected chi connectivity index (χ3v) is 6.85. The van der Waals surface area contributed by atoms with Crippen molar-refractivity contribution in [2.24, 2.45) is 5.92 Å². The van der Waals surface area contributed by atoms with Crippen LogP contribution in [0.15, 0.2) is 0 Å². The van der Waals surface area contributed by atoms with Gasteiger partial charge in [0.2, 0.25) is 5.91 Å². The van der Waals surface area contributed by atoms with Crippen LogP contribution in [0.1, 0.15) is 79.1 Å². The third-order valence-electron chi connectivity index (χ3n) is 5.68. The van der Waals surface area contributed by atoms with Crippen LogP contribution in [-0.4, -0.2) is 28.9 Å². The average Bonchev–Trinajstić information content (AvgIpc) is 3.26. The monoisotopic (exact) mass is 392 g/mol. The topological polar surface area (TPSA) is 95.5 Å². The van der Waals surface area contributed by atoms with Crippen LogP contribution in [0.25, 0.3) is 0 Å². The summed E-state index contributed by atoms with van der Waals surface area (Å²) in [6.07, 6.45) is 8.00. The van der Waals surface area contributed by atoms with Crippen LogP contribution in [0.5, 0.6) is 0 Å². The molecule has 0 aliphatic heterocycles. The third kappa shape index (κ3) is 4.89. The first-order valence-electron chi connectivity index (χ1n) is 9.95. The van der Waals surface area contributed by atoms with Gasteiger partial charge < -0.3 is 15.7 Å². The Hall–Kier alpha value is -1.89. The zero-order chi connectivity index (χ0) is 19.4. The Kier molecular flexibility index (Phi) is 6.52. The summed E-state index contributed by atoms with van der Waals surface area (Å²) >= 11 is 1.49. The number of hydrogen-bond donors (Lipinski definition) is 3. The molecule has 2 amide bonds. The smallest absolute Gasteiger partial charge is 0.303 e. The summed E-state index contributed by atoms with van der Waals surface area (Å²) in [5, 5.41) is 15.3. The number of rotatable bonds is 7. The van der Waals surface area contributed by atoms with E-state index < -0.39 is 5.97 Å². The Morgan fingerprint density at radius 3 is 2.56 bits per heavy atom. The second-order valence-corrected chi connectivity index (χ2v) is 8.73. The summed E-state index contributed by atoms with van der Waals surface area (Å²) in [5.41, 5.74) is 1.69. The number of anilines is 1. The fourth-order valence-corrected chi connectivity index (χ4v) is 5.44. The summed E-state index contributed by atoms with van der Waals surface area (Å²) in [5.74, 6) is -0.820. The Balaban J connectivity index is 1.81. The van der Waals surface area contributed by atoms with Crippen LogP contribution in [0.4, 0.5) is 5.00 Å². The highest BCUT2D eigenvalue weighted by atomic mass is 32.1. The highest BCUT2D eigenvalue weighted by molar-refractivity contribution is 7.17. The van der Waals surface area contributed by atoms with Gasteiger partial charge in [0.1, 0.15) is 5.00 Å². The quantitative estimate of drug-likeness (QED) is 0.659. The van der Waals surface area contributed by atoms with Crippen LogP contribution in [0.2, 0.25) is 0 Å².